The van der Waals surface area contributed by atoms with Gasteiger partial charge in [-0.3, -0.25) is 4.79 Å². The summed E-state index contributed by atoms with van der Waals surface area (Å²) >= 11 is 0. The first-order chi connectivity index (χ1) is 10.00. The van der Waals surface area contributed by atoms with E-state index in [-0.39, 0.29) is 17.7 Å². The molecule has 0 saturated carbocycles. The average molecular weight is 277 g/mol. The molecule has 2 N–H and O–H groups in total. The Morgan fingerprint density at radius 3 is 2.57 bits per heavy atom. The summed E-state index contributed by atoms with van der Waals surface area (Å²) in [6, 6.07) is 15.1. The number of nitrogens with two attached hydrogens (primary N) is 1. The van der Waals surface area contributed by atoms with E-state index in [1.807, 2.05) is 12.2 Å². The van der Waals surface area contributed by atoms with Crippen LogP contribution in [-0.4, -0.2) is 5.91 Å². The van der Waals surface area contributed by atoms with E-state index in [1.54, 1.807) is 0 Å². The molecular formula is C19H19NO. The van der Waals surface area contributed by atoms with Crippen molar-refractivity contribution in [3.05, 3.63) is 65.2 Å². The second-order valence-electron chi connectivity index (χ2n) is 6.05. The second-order valence-corrected chi connectivity index (χ2v) is 6.05. The third kappa shape index (κ3) is 2.27. The maximum Gasteiger partial charge on any atom is 0.221 e. The topological polar surface area (TPSA) is 43.1 Å². The number of fused-ring (bicyclic) bond motifs is 3. The van der Waals surface area contributed by atoms with Gasteiger partial charge in [0.1, 0.15) is 0 Å². The van der Waals surface area contributed by atoms with Gasteiger partial charge in [0.25, 0.3) is 0 Å². The van der Waals surface area contributed by atoms with Crippen molar-refractivity contribution in [2.45, 2.75) is 25.7 Å². The molecule has 0 aromatic heterocycles. The summed E-state index contributed by atoms with van der Waals surface area (Å²) in [6.07, 6.45) is 4.06. The highest BCUT2D eigenvalue weighted by Crippen LogP contribution is 2.48. The fourth-order valence-electron chi connectivity index (χ4n) is 3.14. The van der Waals surface area contributed by atoms with Crippen LogP contribution in [0.15, 0.2) is 48.5 Å². The van der Waals surface area contributed by atoms with Crippen molar-refractivity contribution in [3.63, 3.8) is 0 Å². The van der Waals surface area contributed by atoms with Crippen molar-refractivity contribution in [1.82, 2.24) is 0 Å². The van der Waals surface area contributed by atoms with Gasteiger partial charge in [-0.05, 0) is 27.8 Å². The molecule has 2 heteroatoms. The molecule has 0 bridgehead atoms. The SMILES string of the molecule is CC1(C)c2ccccc2-c2ccc(C=CCC(N)=O)cc21. The third-order valence-electron chi connectivity index (χ3n) is 4.24. The monoisotopic (exact) mass is 277 g/mol. The molecular weight excluding hydrogens is 258 g/mol. The summed E-state index contributed by atoms with van der Waals surface area (Å²) in [4.78, 5) is 10.8. The molecule has 0 heterocycles. The maximum absolute atomic E-state index is 10.8. The van der Waals surface area contributed by atoms with Gasteiger partial charge in [0.15, 0.2) is 0 Å². The van der Waals surface area contributed by atoms with Gasteiger partial charge in [0.05, 0.1) is 0 Å². The molecule has 0 saturated heterocycles. The van der Waals surface area contributed by atoms with Crippen LogP contribution in [0.1, 0.15) is 37.0 Å². The number of amides is 1. The number of hydrogen-bond acceptors (Lipinski definition) is 1. The first-order valence-corrected chi connectivity index (χ1v) is 7.19. The summed E-state index contributed by atoms with van der Waals surface area (Å²) in [5, 5.41) is 0. The van der Waals surface area contributed by atoms with Crippen LogP contribution >= 0.6 is 0 Å². The number of carbonyl (C=O) groups is 1. The summed E-state index contributed by atoms with van der Waals surface area (Å²) in [7, 11) is 0. The highest BCUT2D eigenvalue weighted by Gasteiger charge is 2.34. The number of primary amides is 1. The lowest BCUT2D eigenvalue weighted by atomic mass is 9.82. The molecule has 2 aromatic rings. The molecule has 1 aliphatic carbocycles. The first-order valence-electron chi connectivity index (χ1n) is 7.19. The number of carbonyl (C=O) groups excluding carboxylic acids is 1. The lowest BCUT2D eigenvalue weighted by Crippen LogP contribution is -2.14. The summed E-state index contributed by atoms with van der Waals surface area (Å²) in [5.74, 6) is -0.305. The van der Waals surface area contributed by atoms with E-state index >= 15 is 0 Å². The van der Waals surface area contributed by atoms with Crippen molar-refractivity contribution < 1.29 is 4.79 Å². The van der Waals surface area contributed by atoms with Crippen LogP contribution in [0, 0.1) is 0 Å². The zero-order chi connectivity index (χ0) is 15.0. The fourth-order valence-corrected chi connectivity index (χ4v) is 3.14. The van der Waals surface area contributed by atoms with Crippen molar-refractivity contribution in [3.8, 4) is 11.1 Å². The minimum atomic E-state index is -0.305. The van der Waals surface area contributed by atoms with Crippen LogP contribution in [0.2, 0.25) is 0 Å². The maximum atomic E-state index is 10.8. The highest BCUT2D eigenvalue weighted by atomic mass is 16.1. The third-order valence-corrected chi connectivity index (χ3v) is 4.24. The Labute approximate surface area is 125 Å². The predicted octanol–water partition coefficient (Wildman–Crippen LogP) is 3.88. The summed E-state index contributed by atoms with van der Waals surface area (Å²) in [5.41, 5.74) is 11.6. The van der Waals surface area contributed by atoms with E-state index in [2.05, 4.69) is 56.3 Å². The van der Waals surface area contributed by atoms with E-state index in [4.69, 9.17) is 5.73 Å². The standard InChI is InChI=1S/C19H19NO/c1-19(2)16-8-4-3-7-14(16)15-11-10-13(12-17(15)19)6-5-9-18(20)21/h3-8,10-12H,9H2,1-2H3,(H2,20,21). The Hall–Kier alpha value is -2.35. The molecule has 1 amide bonds. The van der Waals surface area contributed by atoms with Crippen molar-refractivity contribution in [2.75, 3.05) is 0 Å². The van der Waals surface area contributed by atoms with Crippen molar-refractivity contribution in [2.24, 2.45) is 5.73 Å². The van der Waals surface area contributed by atoms with Crippen LogP contribution in [0.25, 0.3) is 17.2 Å². The predicted molar refractivity (Wildman–Crippen MR) is 86.9 cm³/mol. The average Bonchev–Trinajstić information content (AvgIpc) is 2.68. The molecule has 2 aromatic carbocycles. The van der Waals surface area contributed by atoms with Crippen molar-refractivity contribution >= 4 is 12.0 Å². The number of benzene rings is 2. The quantitative estimate of drug-likeness (QED) is 0.909. The van der Waals surface area contributed by atoms with E-state index in [0.717, 1.165) is 5.56 Å². The van der Waals surface area contributed by atoms with Gasteiger partial charge in [-0.25, -0.2) is 0 Å². The molecule has 0 spiro atoms. The molecule has 2 nitrogen and oxygen atoms in total. The Bertz CT molecular complexity index is 741. The largest absolute Gasteiger partial charge is 0.369 e. The number of hydrogen-bond donors (Lipinski definition) is 1. The molecule has 0 aliphatic heterocycles. The molecule has 0 unspecified atom stereocenters. The molecule has 21 heavy (non-hydrogen) atoms. The van der Waals surface area contributed by atoms with Gasteiger partial charge in [-0.15, -0.1) is 0 Å². The van der Waals surface area contributed by atoms with Crippen LogP contribution in [-0.2, 0) is 10.2 Å². The molecule has 0 fully saturated rings. The molecule has 0 atom stereocenters. The Kier molecular flexibility index (Phi) is 3.17. The second kappa shape index (κ2) is 4.88. The Balaban J connectivity index is 2.03. The van der Waals surface area contributed by atoms with Crippen molar-refractivity contribution in [1.29, 1.82) is 0 Å². The van der Waals surface area contributed by atoms with E-state index in [0.29, 0.717) is 0 Å². The van der Waals surface area contributed by atoms with Crippen LogP contribution in [0.5, 0.6) is 0 Å². The number of rotatable bonds is 3. The first kappa shape index (κ1) is 13.6. The Morgan fingerprint density at radius 2 is 1.81 bits per heavy atom. The zero-order valence-electron chi connectivity index (χ0n) is 12.4. The lowest BCUT2D eigenvalue weighted by Gasteiger charge is -2.21. The summed E-state index contributed by atoms with van der Waals surface area (Å²) in [6.45, 7) is 4.52. The molecule has 1 aliphatic rings. The van der Waals surface area contributed by atoms with E-state index in [9.17, 15) is 4.79 Å². The molecule has 106 valence electrons. The lowest BCUT2D eigenvalue weighted by molar-refractivity contribution is -0.117. The molecule has 0 radical (unpaired) electrons. The highest BCUT2D eigenvalue weighted by molar-refractivity contribution is 5.82. The van der Waals surface area contributed by atoms with Gasteiger partial charge in [-0.2, -0.15) is 0 Å². The van der Waals surface area contributed by atoms with Gasteiger partial charge in [0, 0.05) is 11.8 Å². The zero-order valence-corrected chi connectivity index (χ0v) is 12.4. The summed E-state index contributed by atoms with van der Waals surface area (Å²) < 4.78 is 0. The van der Waals surface area contributed by atoms with Crippen LogP contribution < -0.4 is 5.73 Å². The fraction of sp³-hybridized carbons (Fsp3) is 0.211. The smallest absolute Gasteiger partial charge is 0.221 e. The van der Waals surface area contributed by atoms with Crippen LogP contribution in [0.4, 0.5) is 0 Å². The minimum Gasteiger partial charge on any atom is -0.369 e. The van der Waals surface area contributed by atoms with Gasteiger partial charge in [-0.1, -0.05) is 68.5 Å². The minimum absolute atomic E-state index is 0.0134. The normalized spacial score (nSPS) is 15.0. The Morgan fingerprint density at radius 1 is 1.10 bits per heavy atom. The van der Waals surface area contributed by atoms with Crippen LogP contribution in [0.3, 0.4) is 0 Å². The van der Waals surface area contributed by atoms with E-state index in [1.165, 1.54) is 22.3 Å². The van der Waals surface area contributed by atoms with E-state index < -0.39 is 0 Å². The van der Waals surface area contributed by atoms with Gasteiger partial charge < -0.3 is 5.73 Å². The van der Waals surface area contributed by atoms with Gasteiger partial charge >= 0.3 is 0 Å². The molecule has 3 rings (SSSR count). The van der Waals surface area contributed by atoms with Gasteiger partial charge in [0.2, 0.25) is 5.91 Å².